The van der Waals surface area contributed by atoms with E-state index < -0.39 is 5.60 Å². The summed E-state index contributed by atoms with van der Waals surface area (Å²) < 4.78 is 18.9. The Bertz CT molecular complexity index is 530. The lowest BCUT2D eigenvalue weighted by Crippen LogP contribution is -2.46. The molecule has 0 aromatic heterocycles. The molecule has 1 aromatic carbocycles. The number of ketones is 1. The normalized spacial score (nSPS) is 20.2. The van der Waals surface area contributed by atoms with Gasteiger partial charge < -0.3 is 4.74 Å². The summed E-state index contributed by atoms with van der Waals surface area (Å²) in [5.74, 6) is -0.383. The Labute approximate surface area is 130 Å². The second-order valence-corrected chi connectivity index (χ2v) is 7.11. The van der Waals surface area contributed by atoms with Gasteiger partial charge in [0.15, 0.2) is 5.78 Å². The van der Waals surface area contributed by atoms with E-state index in [-0.39, 0.29) is 23.4 Å². The van der Waals surface area contributed by atoms with Crippen molar-refractivity contribution < 1.29 is 13.9 Å². The van der Waals surface area contributed by atoms with E-state index in [0.29, 0.717) is 23.4 Å². The molecular formula is C17H22ClFO2. The summed E-state index contributed by atoms with van der Waals surface area (Å²) in [5.41, 5.74) is 0.0344. The predicted octanol–water partition coefficient (Wildman–Crippen LogP) is 4.58. The first kappa shape index (κ1) is 16.4. The highest BCUT2D eigenvalue weighted by Gasteiger charge is 2.43. The number of Topliss-reactive ketones (excluding diaryl/α,β-unsaturated/α-hetero) is 1. The number of hydrogen-bond acceptors (Lipinski definition) is 2. The smallest absolute Gasteiger partial charge is 0.169 e. The monoisotopic (exact) mass is 312 g/mol. The molecule has 1 aliphatic rings. The molecule has 2 nitrogen and oxygen atoms in total. The molecule has 0 radical (unpaired) electrons. The molecule has 0 amide bonds. The van der Waals surface area contributed by atoms with Gasteiger partial charge in [0.25, 0.3) is 0 Å². The van der Waals surface area contributed by atoms with Crippen molar-refractivity contribution in [2.45, 2.75) is 51.6 Å². The number of halogens is 2. The van der Waals surface area contributed by atoms with Crippen LogP contribution in [0.2, 0.25) is 5.02 Å². The van der Waals surface area contributed by atoms with Crippen LogP contribution in [0, 0.1) is 11.2 Å². The second kappa shape index (κ2) is 6.05. The SMILES string of the molecule is COC1(C(=O)Cc2cc(F)ccc2Cl)CCC(C)(C)CC1. The lowest BCUT2D eigenvalue weighted by atomic mass is 9.69. The van der Waals surface area contributed by atoms with E-state index in [1.54, 1.807) is 7.11 Å². The van der Waals surface area contributed by atoms with Gasteiger partial charge in [-0.3, -0.25) is 4.79 Å². The van der Waals surface area contributed by atoms with E-state index in [1.165, 1.54) is 18.2 Å². The van der Waals surface area contributed by atoms with E-state index in [2.05, 4.69) is 13.8 Å². The van der Waals surface area contributed by atoms with E-state index in [9.17, 15) is 9.18 Å². The van der Waals surface area contributed by atoms with Crippen molar-refractivity contribution in [3.63, 3.8) is 0 Å². The fraction of sp³-hybridized carbons (Fsp3) is 0.588. The number of hydrogen-bond donors (Lipinski definition) is 0. The zero-order valence-electron chi connectivity index (χ0n) is 12.8. The fourth-order valence-corrected chi connectivity index (χ4v) is 3.12. The molecule has 0 heterocycles. The van der Waals surface area contributed by atoms with Crippen LogP contribution in [0.25, 0.3) is 0 Å². The molecule has 0 aliphatic heterocycles. The number of carbonyl (C=O) groups excluding carboxylic acids is 1. The zero-order valence-corrected chi connectivity index (χ0v) is 13.6. The lowest BCUT2D eigenvalue weighted by molar-refractivity contribution is -0.147. The highest BCUT2D eigenvalue weighted by Crippen LogP contribution is 2.42. The average molecular weight is 313 g/mol. The Balaban J connectivity index is 2.16. The molecule has 4 heteroatoms. The summed E-state index contributed by atoms with van der Waals surface area (Å²) in [6.45, 7) is 4.42. The van der Waals surface area contributed by atoms with E-state index in [4.69, 9.17) is 16.3 Å². The van der Waals surface area contributed by atoms with E-state index in [1.807, 2.05) is 0 Å². The summed E-state index contributed by atoms with van der Waals surface area (Å²) in [4.78, 5) is 12.7. The van der Waals surface area contributed by atoms with Crippen LogP contribution in [-0.2, 0) is 16.0 Å². The molecule has 2 rings (SSSR count). The van der Waals surface area contributed by atoms with Crippen LogP contribution in [0.15, 0.2) is 18.2 Å². The van der Waals surface area contributed by atoms with Gasteiger partial charge in [0.1, 0.15) is 11.4 Å². The first-order valence-corrected chi connectivity index (χ1v) is 7.68. The molecule has 0 unspecified atom stereocenters. The van der Waals surface area contributed by atoms with Crippen LogP contribution in [0.4, 0.5) is 4.39 Å². The predicted molar refractivity (Wildman–Crippen MR) is 82.1 cm³/mol. The minimum Gasteiger partial charge on any atom is -0.370 e. The van der Waals surface area contributed by atoms with Gasteiger partial charge in [-0.25, -0.2) is 4.39 Å². The molecule has 1 aliphatic carbocycles. The van der Waals surface area contributed by atoms with E-state index in [0.717, 1.165) is 12.8 Å². The van der Waals surface area contributed by atoms with Gasteiger partial charge in [0, 0.05) is 18.6 Å². The topological polar surface area (TPSA) is 26.3 Å². The molecule has 21 heavy (non-hydrogen) atoms. The number of rotatable bonds is 4. The van der Waals surface area contributed by atoms with Gasteiger partial charge >= 0.3 is 0 Å². The Kier molecular flexibility index (Phi) is 4.74. The van der Waals surface area contributed by atoms with Crippen LogP contribution in [0.3, 0.4) is 0 Å². The maximum Gasteiger partial charge on any atom is 0.169 e. The Morgan fingerprint density at radius 1 is 1.29 bits per heavy atom. The Hall–Kier alpha value is -0.930. The van der Waals surface area contributed by atoms with Crippen LogP contribution in [0.1, 0.15) is 45.1 Å². The summed E-state index contributed by atoms with van der Waals surface area (Å²) in [5, 5.41) is 0.423. The average Bonchev–Trinajstić information content (AvgIpc) is 2.43. The van der Waals surface area contributed by atoms with Crippen molar-refractivity contribution in [2.24, 2.45) is 5.41 Å². The third-order valence-electron chi connectivity index (χ3n) is 4.67. The largest absolute Gasteiger partial charge is 0.370 e. The molecule has 116 valence electrons. The number of ether oxygens (including phenoxy) is 1. The minimum atomic E-state index is -0.745. The second-order valence-electron chi connectivity index (χ2n) is 6.70. The van der Waals surface area contributed by atoms with Gasteiger partial charge in [-0.15, -0.1) is 0 Å². The quantitative estimate of drug-likeness (QED) is 0.813. The highest BCUT2D eigenvalue weighted by molar-refractivity contribution is 6.31. The Morgan fingerprint density at radius 3 is 2.48 bits per heavy atom. The number of carbonyl (C=O) groups is 1. The standard InChI is InChI=1S/C17H22ClFO2/c1-16(2)6-8-17(21-3,9-7-16)15(20)11-12-10-13(19)4-5-14(12)18/h4-5,10H,6-9,11H2,1-3H3. The first-order chi connectivity index (χ1) is 9.78. The van der Waals surface area contributed by atoms with Crippen molar-refractivity contribution in [1.29, 1.82) is 0 Å². The maximum absolute atomic E-state index is 13.3. The van der Waals surface area contributed by atoms with Crippen LogP contribution < -0.4 is 0 Å². The van der Waals surface area contributed by atoms with Gasteiger partial charge in [-0.2, -0.15) is 0 Å². The van der Waals surface area contributed by atoms with Gasteiger partial charge in [0.2, 0.25) is 0 Å². The first-order valence-electron chi connectivity index (χ1n) is 7.30. The summed E-state index contributed by atoms with van der Waals surface area (Å²) in [7, 11) is 1.59. The van der Waals surface area contributed by atoms with Crippen molar-refractivity contribution in [2.75, 3.05) is 7.11 Å². The van der Waals surface area contributed by atoms with Crippen LogP contribution in [0.5, 0.6) is 0 Å². The molecule has 1 aromatic rings. The van der Waals surface area contributed by atoms with Crippen molar-refractivity contribution in [1.82, 2.24) is 0 Å². The summed E-state index contributed by atoms with van der Waals surface area (Å²) >= 11 is 6.05. The third-order valence-corrected chi connectivity index (χ3v) is 5.04. The number of benzene rings is 1. The Morgan fingerprint density at radius 2 is 1.90 bits per heavy atom. The zero-order chi connectivity index (χ0) is 15.7. The van der Waals surface area contributed by atoms with Gasteiger partial charge in [-0.1, -0.05) is 25.4 Å². The molecule has 0 N–H and O–H groups in total. The van der Waals surface area contributed by atoms with E-state index >= 15 is 0 Å². The molecule has 0 spiro atoms. The van der Waals surface area contributed by atoms with Crippen molar-refractivity contribution in [3.8, 4) is 0 Å². The summed E-state index contributed by atoms with van der Waals surface area (Å²) in [6, 6.07) is 4.12. The molecule has 0 bridgehead atoms. The van der Waals surface area contributed by atoms with Gasteiger partial charge in [0.05, 0.1) is 0 Å². The molecule has 1 saturated carbocycles. The summed E-state index contributed by atoms with van der Waals surface area (Å²) in [6.07, 6.45) is 3.43. The fourth-order valence-electron chi connectivity index (χ4n) is 2.94. The minimum absolute atomic E-state index is 0.00648. The molecule has 0 atom stereocenters. The lowest BCUT2D eigenvalue weighted by Gasteiger charge is -2.41. The third kappa shape index (κ3) is 3.64. The van der Waals surface area contributed by atoms with Gasteiger partial charge in [-0.05, 0) is 54.9 Å². The highest BCUT2D eigenvalue weighted by atomic mass is 35.5. The van der Waals surface area contributed by atoms with Crippen LogP contribution in [-0.4, -0.2) is 18.5 Å². The van der Waals surface area contributed by atoms with Crippen molar-refractivity contribution >= 4 is 17.4 Å². The van der Waals surface area contributed by atoms with Crippen LogP contribution >= 0.6 is 11.6 Å². The molecule has 1 fully saturated rings. The van der Waals surface area contributed by atoms with Crippen molar-refractivity contribution in [3.05, 3.63) is 34.6 Å². The number of methoxy groups -OCH3 is 1. The molecular weight excluding hydrogens is 291 g/mol. The maximum atomic E-state index is 13.3. The molecule has 0 saturated heterocycles.